The fourth-order valence-corrected chi connectivity index (χ4v) is 5.13. The Morgan fingerprint density at radius 2 is 1.54 bits per heavy atom. The smallest absolute Gasteiger partial charge is 0.0621 e. The van der Waals surface area contributed by atoms with Gasteiger partial charge in [0.1, 0.15) is 0 Å². The number of aryl methyl sites for hydroxylation is 1. The minimum Gasteiger partial charge on any atom is -0.263 e. The van der Waals surface area contributed by atoms with Crippen molar-refractivity contribution in [2.75, 3.05) is 0 Å². The molecular weight excluding hydrogens is 450 g/mol. The third kappa shape index (κ3) is 5.51. The predicted octanol–water partition coefficient (Wildman–Crippen LogP) is 8.18. The zero-order chi connectivity index (χ0) is 26.2. The van der Waals surface area contributed by atoms with Crippen molar-refractivity contribution in [2.45, 2.75) is 91.4 Å². The Morgan fingerprint density at radius 1 is 0.886 bits per heavy atom. The molecule has 3 heterocycles. The van der Waals surface area contributed by atoms with Gasteiger partial charge in [0.2, 0.25) is 0 Å². The molecule has 3 aromatic rings. The SMILES string of the molecule is C=Cc1cc(C(C)(C)c2cncc(Cl)c2C)ncc1C(C)(C)Cc1cc(CC)c(C(C)(C)C)cn1. The summed E-state index contributed by atoms with van der Waals surface area (Å²) in [6, 6.07) is 4.45. The molecule has 0 unspecified atom stereocenters. The molecule has 0 atom stereocenters. The Morgan fingerprint density at radius 3 is 2.14 bits per heavy atom. The number of halogens is 1. The molecule has 0 bridgehead atoms. The molecule has 0 N–H and O–H groups in total. The van der Waals surface area contributed by atoms with Crippen molar-refractivity contribution in [2.24, 2.45) is 0 Å². The maximum Gasteiger partial charge on any atom is 0.0621 e. The van der Waals surface area contributed by atoms with E-state index in [-0.39, 0.29) is 16.2 Å². The Kier molecular flexibility index (Phi) is 7.62. The molecule has 0 aliphatic carbocycles. The average Bonchev–Trinajstić information content (AvgIpc) is 2.79. The van der Waals surface area contributed by atoms with Gasteiger partial charge in [0.05, 0.1) is 10.7 Å². The molecule has 0 fully saturated rings. The topological polar surface area (TPSA) is 38.7 Å². The second kappa shape index (κ2) is 9.85. The van der Waals surface area contributed by atoms with Crippen molar-refractivity contribution in [3.63, 3.8) is 0 Å². The third-order valence-corrected chi connectivity index (χ3v) is 7.59. The molecule has 3 nitrogen and oxygen atoms in total. The fourth-order valence-electron chi connectivity index (χ4n) is 4.97. The zero-order valence-corrected chi connectivity index (χ0v) is 23.6. The second-order valence-corrected chi connectivity index (χ2v) is 12.2. The highest BCUT2D eigenvalue weighted by Gasteiger charge is 2.31. The summed E-state index contributed by atoms with van der Waals surface area (Å²) < 4.78 is 0. The zero-order valence-electron chi connectivity index (χ0n) is 22.9. The first-order valence-electron chi connectivity index (χ1n) is 12.4. The van der Waals surface area contributed by atoms with Crippen molar-refractivity contribution in [3.8, 4) is 0 Å². The summed E-state index contributed by atoms with van der Waals surface area (Å²) in [7, 11) is 0. The lowest BCUT2D eigenvalue weighted by Crippen LogP contribution is -2.26. The van der Waals surface area contributed by atoms with Crippen molar-refractivity contribution < 1.29 is 0 Å². The lowest BCUT2D eigenvalue weighted by Gasteiger charge is -2.31. The molecule has 0 amide bonds. The summed E-state index contributed by atoms with van der Waals surface area (Å²) in [4.78, 5) is 14.2. The molecule has 3 aromatic heterocycles. The van der Waals surface area contributed by atoms with Crippen LogP contribution in [-0.4, -0.2) is 15.0 Å². The maximum absolute atomic E-state index is 6.38. The van der Waals surface area contributed by atoms with Crippen LogP contribution >= 0.6 is 11.6 Å². The first-order chi connectivity index (χ1) is 16.2. The van der Waals surface area contributed by atoms with Gasteiger partial charge in [-0.3, -0.25) is 15.0 Å². The molecule has 0 radical (unpaired) electrons. The summed E-state index contributed by atoms with van der Waals surface area (Å²) in [6.07, 6.45) is 11.4. The van der Waals surface area contributed by atoms with E-state index in [1.165, 1.54) is 16.7 Å². The fraction of sp³-hybridized carbons (Fsp3) is 0.452. The molecule has 4 heteroatoms. The van der Waals surface area contributed by atoms with Crippen LogP contribution in [0.5, 0.6) is 0 Å². The predicted molar refractivity (Wildman–Crippen MR) is 149 cm³/mol. The summed E-state index contributed by atoms with van der Waals surface area (Å²) in [5.41, 5.74) is 8.76. The van der Waals surface area contributed by atoms with E-state index < -0.39 is 0 Å². The largest absolute Gasteiger partial charge is 0.263 e. The lowest BCUT2D eigenvalue weighted by molar-refractivity contribution is 0.507. The van der Waals surface area contributed by atoms with Gasteiger partial charge in [-0.05, 0) is 76.1 Å². The monoisotopic (exact) mass is 489 g/mol. The van der Waals surface area contributed by atoms with Crippen LogP contribution in [0.3, 0.4) is 0 Å². The summed E-state index contributed by atoms with van der Waals surface area (Å²) in [5, 5.41) is 0.675. The van der Waals surface area contributed by atoms with Crippen molar-refractivity contribution in [1.82, 2.24) is 15.0 Å². The molecule has 0 spiro atoms. The minimum atomic E-state index is -0.344. The van der Waals surface area contributed by atoms with Gasteiger partial charge >= 0.3 is 0 Å². The first-order valence-corrected chi connectivity index (χ1v) is 12.8. The van der Waals surface area contributed by atoms with Gasteiger partial charge in [-0.25, -0.2) is 0 Å². The van der Waals surface area contributed by atoms with Crippen LogP contribution in [0.4, 0.5) is 0 Å². The maximum atomic E-state index is 6.38. The molecule has 0 aromatic carbocycles. The molecule has 35 heavy (non-hydrogen) atoms. The van der Waals surface area contributed by atoms with E-state index in [9.17, 15) is 0 Å². The van der Waals surface area contributed by atoms with Crippen molar-refractivity contribution in [3.05, 3.63) is 93.3 Å². The van der Waals surface area contributed by atoms with Gasteiger partial charge in [0.15, 0.2) is 0 Å². The highest BCUT2D eigenvalue weighted by molar-refractivity contribution is 6.31. The molecule has 3 rings (SSSR count). The summed E-state index contributed by atoms with van der Waals surface area (Å²) in [5.74, 6) is 0. The highest BCUT2D eigenvalue weighted by Crippen LogP contribution is 2.37. The van der Waals surface area contributed by atoms with Crippen LogP contribution in [-0.2, 0) is 29.1 Å². The van der Waals surface area contributed by atoms with E-state index in [0.717, 1.165) is 40.9 Å². The van der Waals surface area contributed by atoms with Gasteiger partial charge in [-0.15, -0.1) is 0 Å². The number of pyridine rings is 3. The standard InChI is InChI=1S/C31H40ClN3/c1-11-21-13-23(34-17-25(21)29(4,5)6)15-30(7,8)26-18-35-28(14-22(26)12-2)31(9,10)24-16-33-19-27(32)20(24)3/h12-14,16-19H,2,11,15H2,1,3-10H3. The van der Waals surface area contributed by atoms with Gasteiger partial charge < -0.3 is 0 Å². The van der Waals surface area contributed by atoms with E-state index in [0.29, 0.717) is 5.02 Å². The van der Waals surface area contributed by atoms with Gasteiger partial charge in [0.25, 0.3) is 0 Å². The van der Waals surface area contributed by atoms with Crippen LogP contribution in [0.15, 0.2) is 43.5 Å². The molecule has 0 aliphatic heterocycles. The summed E-state index contributed by atoms with van der Waals surface area (Å²) >= 11 is 6.38. The van der Waals surface area contributed by atoms with E-state index >= 15 is 0 Å². The van der Waals surface area contributed by atoms with Crippen LogP contribution in [0, 0.1) is 6.92 Å². The summed E-state index contributed by atoms with van der Waals surface area (Å²) in [6.45, 7) is 24.0. The average molecular weight is 490 g/mol. The highest BCUT2D eigenvalue weighted by atomic mass is 35.5. The molecule has 0 saturated heterocycles. The first kappa shape index (κ1) is 27.1. The Balaban J connectivity index is 1.99. The van der Waals surface area contributed by atoms with Crippen LogP contribution < -0.4 is 0 Å². The van der Waals surface area contributed by atoms with Crippen LogP contribution in [0.25, 0.3) is 6.08 Å². The Bertz CT molecular complexity index is 1230. The van der Waals surface area contributed by atoms with E-state index in [2.05, 4.69) is 85.3 Å². The number of hydrogen-bond acceptors (Lipinski definition) is 3. The third-order valence-electron chi connectivity index (χ3n) is 7.21. The van der Waals surface area contributed by atoms with Gasteiger partial charge in [-0.2, -0.15) is 0 Å². The number of hydrogen-bond donors (Lipinski definition) is 0. The molecule has 186 valence electrons. The van der Waals surface area contributed by atoms with Crippen molar-refractivity contribution >= 4 is 17.7 Å². The van der Waals surface area contributed by atoms with Crippen molar-refractivity contribution in [1.29, 1.82) is 0 Å². The van der Waals surface area contributed by atoms with E-state index in [4.69, 9.17) is 21.6 Å². The van der Waals surface area contributed by atoms with Crippen LogP contribution in [0.2, 0.25) is 5.02 Å². The number of aromatic nitrogens is 3. The molecular formula is C31H40ClN3. The lowest BCUT2D eigenvalue weighted by atomic mass is 9.75. The van der Waals surface area contributed by atoms with E-state index in [1.54, 1.807) is 6.20 Å². The quantitative estimate of drug-likeness (QED) is 0.335. The number of rotatable bonds is 7. The van der Waals surface area contributed by atoms with Crippen LogP contribution in [0.1, 0.15) is 100 Å². The molecule has 0 aliphatic rings. The van der Waals surface area contributed by atoms with E-state index in [1.807, 2.05) is 25.4 Å². The Hall–Kier alpha value is -2.52. The van der Waals surface area contributed by atoms with Gasteiger partial charge in [0, 0.05) is 35.9 Å². The second-order valence-electron chi connectivity index (χ2n) is 11.8. The minimum absolute atomic E-state index is 0.0891. The van der Waals surface area contributed by atoms with Gasteiger partial charge in [-0.1, -0.05) is 79.6 Å². The number of nitrogens with zero attached hydrogens (tertiary/aromatic N) is 3. The molecule has 0 saturated carbocycles. The Labute approximate surface area is 217 Å². The normalized spacial score (nSPS) is 12.6.